The second kappa shape index (κ2) is 5.78. The van der Waals surface area contributed by atoms with Crippen LogP contribution in [0.25, 0.3) is 0 Å². The van der Waals surface area contributed by atoms with Crippen molar-refractivity contribution in [3.63, 3.8) is 0 Å². The number of carbonyl (C=O) groups is 1. The summed E-state index contributed by atoms with van der Waals surface area (Å²) in [6, 6.07) is 0. The lowest BCUT2D eigenvalue weighted by atomic mass is 9.68. The Labute approximate surface area is 96.8 Å². The van der Waals surface area contributed by atoms with Gasteiger partial charge in [0.2, 0.25) is 0 Å². The molecular formula is C12H22O2S. The minimum absolute atomic E-state index is 0.403. The molecule has 0 aromatic heterocycles. The van der Waals surface area contributed by atoms with Crippen molar-refractivity contribution < 1.29 is 9.90 Å². The molecule has 2 unspecified atom stereocenters. The number of carboxylic acids is 1. The van der Waals surface area contributed by atoms with Crippen LogP contribution in [-0.2, 0) is 4.79 Å². The molecule has 88 valence electrons. The Bertz CT molecular complexity index is 218. The highest BCUT2D eigenvalue weighted by atomic mass is 32.2. The first-order valence-corrected chi connectivity index (χ1v) is 7.07. The van der Waals surface area contributed by atoms with Gasteiger partial charge in [0.1, 0.15) is 0 Å². The SMILES string of the molecule is CCSCCC1(C(=O)O)CCCC(C)C1. The fraction of sp³-hybridized carbons (Fsp3) is 0.917. The Balaban J connectivity index is 2.57. The van der Waals surface area contributed by atoms with Gasteiger partial charge in [0, 0.05) is 0 Å². The van der Waals surface area contributed by atoms with Gasteiger partial charge in [-0.05, 0) is 36.7 Å². The highest BCUT2D eigenvalue weighted by Gasteiger charge is 2.41. The first kappa shape index (κ1) is 12.9. The summed E-state index contributed by atoms with van der Waals surface area (Å²) < 4.78 is 0. The van der Waals surface area contributed by atoms with Gasteiger partial charge in [-0.15, -0.1) is 0 Å². The van der Waals surface area contributed by atoms with E-state index in [9.17, 15) is 9.90 Å². The van der Waals surface area contributed by atoms with Crippen LogP contribution in [-0.4, -0.2) is 22.6 Å². The third-order valence-corrected chi connectivity index (χ3v) is 4.38. The smallest absolute Gasteiger partial charge is 0.309 e. The van der Waals surface area contributed by atoms with Gasteiger partial charge in [-0.3, -0.25) is 4.79 Å². The van der Waals surface area contributed by atoms with E-state index in [1.165, 1.54) is 6.42 Å². The van der Waals surface area contributed by atoms with E-state index in [1.807, 2.05) is 11.8 Å². The summed E-state index contributed by atoms with van der Waals surface area (Å²) in [5.74, 6) is 2.10. The number of aliphatic carboxylic acids is 1. The Kier molecular flexibility index (Phi) is 4.97. The molecule has 1 aliphatic carbocycles. The highest BCUT2D eigenvalue weighted by Crippen LogP contribution is 2.42. The lowest BCUT2D eigenvalue weighted by Crippen LogP contribution is -2.36. The summed E-state index contributed by atoms with van der Waals surface area (Å²) in [5, 5.41) is 9.40. The number of hydrogen-bond acceptors (Lipinski definition) is 2. The van der Waals surface area contributed by atoms with E-state index in [0.717, 1.165) is 37.2 Å². The van der Waals surface area contributed by atoms with E-state index < -0.39 is 11.4 Å². The molecule has 3 heteroatoms. The molecule has 1 saturated carbocycles. The van der Waals surface area contributed by atoms with Crippen molar-refractivity contribution in [3.05, 3.63) is 0 Å². The molecule has 0 saturated heterocycles. The van der Waals surface area contributed by atoms with Crippen LogP contribution >= 0.6 is 11.8 Å². The summed E-state index contributed by atoms with van der Waals surface area (Å²) in [4.78, 5) is 11.4. The Hall–Kier alpha value is -0.180. The molecule has 1 aliphatic rings. The second-order valence-corrected chi connectivity index (χ2v) is 6.13. The van der Waals surface area contributed by atoms with Gasteiger partial charge in [0.25, 0.3) is 0 Å². The van der Waals surface area contributed by atoms with Crippen LogP contribution in [0.2, 0.25) is 0 Å². The van der Waals surface area contributed by atoms with Gasteiger partial charge >= 0.3 is 5.97 Å². The summed E-state index contributed by atoms with van der Waals surface area (Å²) in [6.45, 7) is 4.31. The van der Waals surface area contributed by atoms with Gasteiger partial charge in [0.15, 0.2) is 0 Å². The molecule has 1 fully saturated rings. The number of rotatable bonds is 5. The van der Waals surface area contributed by atoms with Gasteiger partial charge in [-0.2, -0.15) is 11.8 Å². The maximum Gasteiger partial charge on any atom is 0.309 e. The lowest BCUT2D eigenvalue weighted by molar-refractivity contribution is -0.152. The van der Waals surface area contributed by atoms with E-state index in [1.54, 1.807) is 0 Å². The van der Waals surface area contributed by atoms with E-state index >= 15 is 0 Å². The summed E-state index contributed by atoms with van der Waals surface area (Å²) in [5.41, 5.74) is -0.403. The zero-order valence-electron chi connectivity index (χ0n) is 9.79. The van der Waals surface area contributed by atoms with E-state index in [4.69, 9.17) is 0 Å². The maximum absolute atomic E-state index is 11.4. The molecule has 1 N–H and O–H groups in total. The predicted octanol–water partition coefficient (Wildman–Crippen LogP) is 3.41. The Morgan fingerprint density at radius 1 is 1.60 bits per heavy atom. The topological polar surface area (TPSA) is 37.3 Å². The largest absolute Gasteiger partial charge is 0.481 e. The average Bonchev–Trinajstić information content (AvgIpc) is 2.18. The second-order valence-electron chi connectivity index (χ2n) is 4.73. The molecule has 0 heterocycles. The molecule has 0 aromatic carbocycles. The summed E-state index contributed by atoms with van der Waals surface area (Å²) in [7, 11) is 0. The van der Waals surface area contributed by atoms with Gasteiger partial charge in [0.05, 0.1) is 5.41 Å². The van der Waals surface area contributed by atoms with Crippen molar-refractivity contribution in [1.29, 1.82) is 0 Å². The Morgan fingerprint density at radius 2 is 2.33 bits per heavy atom. The Morgan fingerprint density at radius 3 is 2.87 bits per heavy atom. The van der Waals surface area contributed by atoms with Crippen LogP contribution in [0.15, 0.2) is 0 Å². The van der Waals surface area contributed by atoms with Gasteiger partial charge in [-0.25, -0.2) is 0 Å². The maximum atomic E-state index is 11.4. The molecule has 0 spiro atoms. The lowest BCUT2D eigenvalue weighted by Gasteiger charge is -2.36. The quantitative estimate of drug-likeness (QED) is 0.735. The van der Waals surface area contributed by atoms with Crippen molar-refractivity contribution in [2.75, 3.05) is 11.5 Å². The first-order chi connectivity index (χ1) is 7.10. The predicted molar refractivity (Wildman–Crippen MR) is 65.3 cm³/mol. The summed E-state index contributed by atoms with van der Waals surface area (Å²) >= 11 is 1.86. The van der Waals surface area contributed by atoms with Crippen molar-refractivity contribution >= 4 is 17.7 Å². The van der Waals surface area contributed by atoms with Crippen molar-refractivity contribution in [3.8, 4) is 0 Å². The van der Waals surface area contributed by atoms with Crippen LogP contribution in [0.4, 0.5) is 0 Å². The van der Waals surface area contributed by atoms with Crippen LogP contribution in [0.3, 0.4) is 0 Å². The molecule has 1 rings (SSSR count). The van der Waals surface area contributed by atoms with Crippen molar-refractivity contribution in [2.24, 2.45) is 11.3 Å². The van der Waals surface area contributed by atoms with E-state index in [-0.39, 0.29) is 0 Å². The minimum atomic E-state index is -0.564. The molecule has 2 atom stereocenters. The zero-order chi connectivity index (χ0) is 11.3. The molecule has 0 aliphatic heterocycles. The third-order valence-electron chi connectivity index (χ3n) is 3.47. The summed E-state index contributed by atoms with van der Waals surface area (Å²) in [6.07, 6.45) is 4.91. The fourth-order valence-corrected chi connectivity index (χ4v) is 3.42. The molecule has 0 amide bonds. The molecule has 2 nitrogen and oxygen atoms in total. The molecule has 15 heavy (non-hydrogen) atoms. The molecule has 0 aromatic rings. The molecular weight excluding hydrogens is 208 g/mol. The van der Waals surface area contributed by atoms with Gasteiger partial charge < -0.3 is 5.11 Å². The van der Waals surface area contributed by atoms with Gasteiger partial charge in [-0.1, -0.05) is 26.7 Å². The fourth-order valence-electron chi connectivity index (χ4n) is 2.60. The standard InChI is InChI=1S/C12H22O2S/c1-3-15-8-7-12(11(13)14)6-4-5-10(2)9-12/h10H,3-9H2,1-2H3,(H,13,14). The minimum Gasteiger partial charge on any atom is -0.481 e. The highest BCUT2D eigenvalue weighted by molar-refractivity contribution is 7.99. The number of hydrogen-bond donors (Lipinski definition) is 1. The monoisotopic (exact) mass is 230 g/mol. The normalized spacial score (nSPS) is 31.5. The van der Waals surface area contributed by atoms with Crippen molar-refractivity contribution in [1.82, 2.24) is 0 Å². The first-order valence-electron chi connectivity index (χ1n) is 5.92. The molecule has 0 radical (unpaired) electrons. The zero-order valence-corrected chi connectivity index (χ0v) is 10.6. The van der Waals surface area contributed by atoms with Crippen molar-refractivity contribution in [2.45, 2.75) is 46.0 Å². The van der Waals surface area contributed by atoms with Crippen LogP contribution < -0.4 is 0 Å². The third kappa shape index (κ3) is 3.40. The van der Waals surface area contributed by atoms with E-state index in [0.29, 0.717) is 5.92 Å². The molecule has 0 bridgehead atoms. The van der Waals surface area contributed by atoms with Crippen LogP contribution in [0.1, 0.15) is 46.0 Å². The number of carboxylic acid groups (broad SMARTS) is 1. The average molecular weight is 230 g/mol. The van der Waals surface area contributed by atoms with Crippen LogP contribution in [0.5, 0.6) is 0 Å². The van der Waals surface area contributed by atoms with Crippen LogP contribution in [0, 0.1) is 11.3 Å². The van der Waals surface area contributed by atoms with E-state index in [2.05, 4.69) is 13.8 Å². The number of thioether (sulfide) groups is 1.